The van der Waals surface area contributed by atoms with Crippen molar-refractivity contribution in [2.75, 3.05) is 0 Å². The molecule has 0 amide bonds. The van der Waals surface area contributed by atoms with Crippen LogP contribution < -0.4 is 0 Å². The van der Waals surface area contributed by atoms with Crippen LogP contribution in [0.15, 0.2) is 72.8 Å². The fourth-order valence-corrected chi connectivity index (χ4v) is 3.91. The van der Waals surface area contributed by atoms with Crippen molar-refractivity contribution < 1.29 is 13.2 Å². The number of halogens is 3. The highest BCUT2D eigenvalue weighted by Crippen LogP contribution is 2.30. The van der Waals surface area contributed by atoms with E-state index in [1.54, 1.807) is 24.3 Å². The lowest BCUT2D eigenvalue weighted by molar-refractivity contribution is 0.509. The summed E-state index contributed by atoms with van der Waals surface area (Å²) in [5.74, 6) is 3.90. The van der Waals surface area contributed by atoms with E-state index in [0.717, 1.165) is 29.7 Å². The van der Waals surface area contributed by atoms with Crippen molar-refractivity contribution in [1.82, 2.24) is 0 Å². The summed E-state index contributed by atoms with van der Waals surface area (Å²) in [6, 6.07) is 20.4. The van der Waals surface area contributed by atoms with E-state index >= 15 is 4.39 Å². The summed E-state index contributed by atoms with van der Waals surface area (Å²) in [4.78, 5) is 0. The van der Waals surface area contributed by atoms with Gasteiger partial charge in [0.1, 0.15) is 5.82 Å². The number of unbranched alkanes of at least 4 members (excludes halogenated alkanes) is 3. The maximum atomic E-state index is 15.1. The summed E-state index contributed by atoms with van der Waals surface area (Å²) >= 11 is 0. The van der Waals surface area contributed by atoms with Gasteiger partial charge in [0, 0.05) is 22.1 Å². The molecule has 0 spiro atoms. The molecule has 0 aliphatic rings. The molecule has 0 saturated carbocycles. The normalized spacial score (nSPS) is 10.8. The van der Waals surface area contributed by atoms with Gasteiger partial charge in [-0.3, -0.25) is 0 Å². The molecule has 0 aromatic heterocycles. The number of aryl methyl sites for hydroxylation is 1. The molecule has 4 aromatic carbocycles. The Bertz CT molecular complexity index is 1320. The van der Waals surface area contributed by atoms with Gasteiger partial charge in [-0.2, -0.15) is 0 Å². The van der Waals surface area contributed by atoms with Crippen molar-refractivity contribution in [3.8, 4) is 23.0 Å². The van der Waals surface area contributed by atoms with Gasteiger partial charge in [-0.1, -0.05) is 74.4 Å². The fraction of sp³-hybridized carbons (Fsp3) is 0.200. The first-order valence-corrected chi connectivity index (χ1v) is 11.3. The summed E-state index contributed by atoms with van der Waals surface area (Å²) in [5, 5.41) is 1.11. The van der Waals surface area contributed by atoms with Crippen molar-refractivity contribution in [1.29, 1.82) is 0 Å². The number of rotatable bonds is 6. The van der Waals surface area contributed by atoms with Gasteiger partial charge in [0.15, 0.2) is 11.6 Å². The first kappa shape index (κ1) is 22.7. The second-order valence-electron chi connectivity index (χ2n) is 8.25. The molecule has 166 valence electrons. The zero-order chi connectivity index (χ0) is 23.2. The largest absolute Gasteiger partial charge is 0.206 e. The highest BCUT2D eigenvalue weighted by Gasteiger charge is 2.12. The second kappa shape index (κ2) is 10.4. The summed E-state index contributed by atoms with van der Waals surface area (Å²) in [6.07, 6.45) is 6.10. The van der Waals surface area contributed by atoms with Crippen molar-refractivity contribution >= 4 is 10.8 Å². The minimum Gasteiger partial charge on any atom is -0.206 e. The maximum absolute atomic E-state index is 15.1. The van der Waals surface area contributed by atoms with E-state index in [0.29, 0.717) is 16.3 Å². The predicted molar refractivity (Wildman–Crippen MR) is 130 cm³/mol. The lowest BCUT2D eigenvalue weighted by Gasteiger charge is -2.08. The summed E-state index contributed by atoms with van der Waals surface area (Å²) in [5.41, 5.74) is 3.58. The van der Waals surface area contributed by atoms with Crippen LogP contribution in [-0.2, 0) is 6.42 Å². The lowest BCUT2D eigenvalue weighted by Crippen LogP contribution is -1.90. The number of hydrogen-bond donors (Lipinski definition) is 0. The van der Waals surface area contributed by atoms with E-state index in [2.05, 4.69) is 30.9 Å². The monoisotopic (exact) mass is 442 g/mol. The third-order valence-electron chi connectivity index (χ3n) is 5.81. The van der Waals surface area contributed by atoms with E-state index < -0.39 is 17.5 Å². The second-order valence-corrected chi connectivity index (χ2v) is 8.25. The van der Waals surface area contributed by atoms with Crippen molar-refractivity contribution in [3.05, 3.63) is 107 Å². The third kappa shape index (κ3) is 5.46. The SMILES string of the molecule is CCCCCCc1ccc(C#Cc2ccc3c(F)c(-c4ccc(F)c(F)c4)ccc3c2)cc1. The molecule has 0 saturated heterocycles. The molecule has 0 bridgehead atoms. The highest BCUT2D eigenvalue weighted by molar-refractivity contribution is 5.89. The maximum Gasteiger partial charge on any atom is 0.159 e. The molecule has 0 fully saturated rings. The van der Waals surface area contributed by atoms with E-state index in [1.165, 1.54) is 37.3 Å². The van der Waals surface area contributed by atoms with Gasteiger partial charge in [-0.25, -0.2) is 13.2 Å². The molecule has 0 unspecified atom stereocenters. The average Bonchev–Trinajstić information content (AvgIpc) is 2.83. The Morgan fingerprint density at radius 3 is 2.18 bits per heavy atom. The van der Waals surface area contributed by atoms with Crippen LogP contribution in [0.1, 0.15) is 49.3 Å². The standard InChI is InChI=1S/C30H25F3/c1-2-3-4-5-6-21-7-9-22(10-8-21)11-12-23-13-16-26-24(19-23)14-17-27(30(26)33)25-15-18-28(31)29(32)20-25/h7-10,13-20H,2-6H2,1H3. The fourth-order valence-electron chi connectivity index (χ4n) is 3.91. The van der Waals surface area contributed by atoms with E-state index in [9.17, 15) is 8.78 Å². The van der Waals surface area contributed by atoms with E-state index in [1.807, 2.05) is 18.2 Å². The number of fused-ring (bicyclic) bond motifs is 1. The van der Waals surface area contributed by atoms with Crippen LogP contribution in [0.2, 0.25) is 0 Å². The Morgan fingerprint density at radius 1 is 0.667 bits per heavy atom. The van der Waals surface area contributed by atoms with Gasteiger partial charge in [-0.15, -0.1) is 0 Å². The molecular formula is C30H25F3. The molecule has 4 rings (SSSR count). The minimum atomic E-state index is -0.998. The molecule has 0 heterocycles. The number of benzene rings is 4. The minimum absolute atomic E-state index is 0.231. The van der Waals surface area contributed by atoms with Gasteiger partial charge in [0.25, 0.3) is 0 Å². The van der Waals surface area contributed by atoms with Gasteiger partial charge in [0.05, 0.1) is 0 Å². The highest BCUT2D eigenvalue weighted by atomic mass is 19.2. The Kier molecular flexibility index (Phi) is 7.15. The van der Waals surface area contributed by atoms with Crippen LogP contribution in [0, 0.1) is 29.3 Å². The molecular weight excluding hydrogens is 417 g/mol. The van der Waals surface area contributed by atoms with Gasteiger partial charge in [-0.05, 0) is 65.8 Å². The quantitative estimate of drug-likeness (QED) is 0.208. The number of hydrogen-bond acceptors (Lipinski definition) is 0. The van der Waals surface area contributed by atoms with Crippen LogP contribution in [0.3, 0.4) is 0 Å². The van der Waals surface area contributed by atoms with E-state index in [4.69, 9.17) is 0 Å². The topological polar surface area (TPSA) is 0 Å². The van der Waals surface area contributed by atoms with Crippen LogP contribution in [0.25, 0.3) is 21.9 Å². The summed E-state index contributed by atoms with van der Waals surface area (Å²) < 4.78 is 41.9. The Labute approximate surface area is 193 Å². The zero-order valence-electron chi connectivity index (χ0n) is 18.6. The van der Waals surface area contributed by atoms with Crippen LogP contribution in [0.5, 0.6) is 0 Å². The smallest absolute Gasteiger partial charge is 0.159 e. The Morgan fingerprint density at radius 2 is 1.42 bits per heavy atom. The van der Waals surface area contributed by atoms with E-state index in [-0.39, 0.29) is 5.56 Å². The Hall–Kier alpha value is -3.51. The summed E-state index contributed by atoms with van der Waals surface area (Å²) in [6.45, 7) is 2.22. The molecule has 33 heavy (non-hydrogen) atoms. The molecule has 0 aliphatic carbocycles. The Balaban J connectivity index is 1.52. The molecule has 3 heteroatoms. The van der Waals surface area contributed by atoms with Crippen LogP contribution in [0.4, 0.5) is 13.2 Å². The predicted octanol–water partition coefficient (Wildman–Crippen LogP) is 8.45. The first-order valence-electron chi connectivity index (χ1n) is 11.3. The van der Waals surface area contributed by atoms with Gasteiger partial charge in [0.2, 0.25) is 0 Å². The zero-order valence-corrected chi connectivity index (χ0v) is 18.6. The lowest BCUT2D eigenvalue weighted by atomic mass is 9.99. The molecule has 0 radical (unpaired) electrons. The van der Waals surface area contributed by atoms with Gasteiger partial charge < -0.3 is 0 Å². The van der Waals surface area contributed by atoms with Crippen molar-refractivity contribution in [2.24, 2.45) is 0 Å². The molecule has 0 aliphatic heterocycles. The molecule has 0 atom stereocenters. The summed E-state index contributed by atoms with van der Waals surface area (Å²) in [7, 11) is 0. The molecule has 0 N–H and O–H groups in total. The van der Waals surface area contributed by atoms with Crippen molar-refractivity contribution in [2.45, 2.75) is 39.0 Å². The molecule has 0 nitrogen and oxygen atoms in total. The third-order valence-corrected chi connectivity index (χ3v) is 5.81. The first-order chi connectivity index (χ1) is 16.0. The average molecular weight is 443 g/mol. The van der Waals surface area contributed by atoms with Gasteiger partial charge >= 0.3 is 0 Å². The van der Waals surface area contributed by atoms with Crippen LogP contribution in [-0.4, -0.2) is 0 Å². The molecule has 4 aromatic rings. The van der Waals surface area contributed by atoms with Crippen molar-refractivity contribution in [3.63, 3.8) is 0 Å². The van der Waals surface area contributed by atoms with Crippen LogP contribution >= 0.6 is 0 Å².